The minimum absolute atomic E-state index is 0. The first-order valence-electron chi connectivity index (χ1n) is 5.32. The Morgan fingerprint density at radius 2 is 0.571 bits per heavy atom. The number of hydrogen-bond acceptors (Lipinski definition) is 11. The second-order valence-electron chi connectivity index (χ2n) is 4.37. The van der Waals surface area contributed by atoms with Crippen molar-refractivity contribution in [3.05, 3.63) is 0 Å². The van der Waals surface area contributed by atoms with E-state index in [1.54, 1.807) is 0 Å². The molecule has 0 aromatic heterocycles. The molecule has 1 aromatic carbocycles. The molecule has 28 heavy (non-hydrogen) atoms. The topological polar surface area (TPSA) is 272 Å². The van der Waals surface area contributed by atoms with Gasteiger partial charge in [0.2, 0.25) is 0 Å². The van der Waals surface area contributed by atoms with E-state index in [4.69, 9.17) is 22.8 Å². The van der Waals surface area contributed by atoms with Crippen LogP contribution < -0.4 is 0 Å². The van der Waals surface area contributed by atoms with Crippen molar-refractivity contribution >= 4 is 63.2 Å². The molecule has 0 aliphatic carbocycles. The predicted molar refractivity (Wildman–Crippen MR) is 82.8 cm³/mol. The second kappa shape index (κ2) is 7.78. The average Bonchev–Trinajstić information content (AvgIpc) is 2.29. The molecule has 0 spiro atoms. The zero-order chi connectivity index (χ0) is 22.0. The first-order chi connectivity index (χ1) is 11.5. The van der Waals surface area contributed by atoms with E-state index in [2.05, 4.69) is 12.6 Å². The predicted octanol–water partition coefficient (Wildman–Crippen LogP) is -1.79. The molecule has 0 saturated heterocycles. The Labute approximate surface area is 176 Å². The SMILES string of the molecule is O=S(=O)(O)c1c(S)c(S(=O)(=O)O)c(S(=O)(=O)O)c(S(=O)(=O)O)c1S(=O)(=O)O.[Zn]. The van der Waals surface area contributed by atoms with Crippen LogP contribution >= 0.6 is 12.6 Å². The van der Waals surface area contributed by atoms with Crippen LogP contribution in [0.2, 0.25) is 0 Å². The van der Waals surface area contributed by atoms with Crippen molar-refractivity contribution in [3.63, 3.8) is 0 Å². The smallest absolute Gasteiger partial charge is 0.282 e. The Hall–Kier alpha value is -0.257. The minimum atomic E-state index is -6.28. The Morgan fingerprint density at radius 3 is 0.714 bits per heavy atom. The van der Waals surface area contributed by atoms with Crippen molar-refractivity contribution in [3.8, 4) is 0 Å². The molecule has 1 rings (SSSR count). The van der Waals surface area contributed by atoms with Crippen LogP contribution in [0.3, 0.4) is 0 Å². The van der Waals surface area contributed by atoms with Crippen LogP contribution in [0.5, 0.6) is 0 Å². The van der Waals surface area contributed by atoms with E-state index < -0.39 is 80.0 Å². The summed E-state index contributed by atoms with van der Waals surface area (Å²) in [6.45, 7) is 0. The second-order valence-corrected chi connectivity index (χ2v) is 11.6. The summed E-state index contributed by atoms with van der Waals surface area (Å²) in [7, 11) is -30.7. The normalized spacial score (nSPS) is 13.8. The number of hydrogen-bond donors (Lipinski definition) is 6. The largest absolute Gasteiger partial charge is 0.297 e. The molecule has 0 radical (unpaired) electrons. The summed E-state index contributed by atoms with van der Waals surface area (Å²) in [6.07, 6.45) is 0. The van der Waals surface area contributed by atoms with Crippen molar-refractivity contribution < 1.29 is 84.3 Å². The molecule has 0 bridgehead atoms. The summed E-state index contributed by atoms with van der Waals surface area (Å²) in [5.74, 6) is 0. The first kappa shape index (κ1) is 27.7. The van der Waals surface area contributed by atoms with E-state index in [1.165, 1.54) is 0 Å². The van der Waals surface area contributed by atoms with Gasteiger partial charge in [-0.2, -0.15) is 42.1 Å². The van der Waals surface area contributed by atoms with Gasteiger partial charge < -0.3 is 0 Å². The maximum atomic E-state index is 11.5. The molecule has 158 valence electrons. The van der Waals surface area contributed by atoms with E-state index in [0.29, 0.717) is 0 Å². The maximum Gasteiger partial charge on any atom is 0.297 e. The molecule has 0 heterocycles. The van der Waals surface area contributed by atoms with Crippen LogP contribution in [0, 0.1) is 0 Å². The number of thiol groups is 1. The van der Waals surface area contributed by atoms with Crippen molar-refractivity contribution in [1.29, 1.82) is 0 Å². The molecule has 1 aromatic rings. The number of benzene rings is 1. The van der Waals surface area contributed by atoms with Crippen molar-refractivity contribution in [2.45, 2.75) is 29.4 Å². The van der Waals surface area contributed by atoms with Gasteiger partial charge in [-0.25, -0.2) is 0 Å². The Morgan fingerprint density at radius 1 is 0.429 bits per heavy atom. The van der Waals surface area contributed by atoms with Gasteiger partial charge in [-0.05, 0) is 0 Å². The van der Waals surface area contributed by atoms with E-state index >= 15 is 0 Å². The number of rotatable bonds is 5. The van der Waals surface area contributed by atoms with Crippen molar-refractivity contribution in [2.75, 3.05) is 0 Å². The standard InChI is InChI=1S/C6H6O15S6.Zn/c7-23(8,9)2-1(22)3(24(10,11)12)5(26(16,17)18)6(27(19,20)21)4(2)25(13,14)15;/h22H,(H,7,8,9)(H,10,11,12)(H,13,14,15)(H,16,17,18)(H,19,20,21);. The monoisotopic (exact) mass is 574 g/mol. The molecule has 0 atom stereocenters. The minimum Gasteiger partial charge on any atom is -0.282 e. The van der Waals surface area contributed by atoms with Crippen LogP contribution in [-0.4, -0.2) is 64.9 Å². The van der Waals surface area contributed by atoms with Gasteiger partial charge in [-0.1, -0.05) is 0 Å². The zero-order valence-electron chi connectivity index (χ0n) is 12.5. The summed E-state index contributed by atoms with van der Waals surface area (Å²) >= 11 is 3.14. The van der Waals surface area contributed by atoms with Gasteiger partial charge in [0.05, 0.1) is 0 Å². The molecule has 0 fully saturated rings. The van der Waals surface area contributed by atoms with E-state index in [9.17, 15) is 42.1 Å². The van der Waals surface area contributed by atoms with Gasteiger partial charge in [0.1, 0.15) is 24.5 Å². The van der Waals surface area contributed by atoms with Crippen LogP contribution in [0.15, 0.2) is 29.4 Å². The summed E-state index contributed by atoms with van der Waals surface area (Å²) in [6, 6.07) is 0. The summed E-state index contributed by atoms with van der Waals surface area (Å²) < 4.78 is 160. The van der Waals surface area contributed by atoms with Crippen LogP contribution in [0.25, 0.3) is 0 Å². The maximum absolute atomic E-state index is 11.5. The van der Waals surface area contributed by atoms with Gasteiger partial charge in [-0.15, -0.1) is 12.6 Å². The van der Waals surface area contributed by atoms with Crippen molar-refractivity contribution in [2.24, 2.45) is 0 Å². The molecule has 0 unspecified atom stereocenters. The average molecular weight is 576 g/mol. The van der Waals surface area contributed by atoms with Crippen molar-refractivity contribution in [1.82, 2.24) is 0 Å². The third kappa shape index (κ3) is 5.46. The fourth-order valence-electron chi connectivity index (χ4n) is 1.81. The molecular formula is C6H6O15S6Zn. The summed E-state index contributed by atoms with van der Waals surface area (Å²) in [4.78, 5) is -14.4. The Balaban J connectivity index is 0.00000729. The molecule has 0 amide bonds. The summed E-state index contributed by atoms with van der Waals surface area (Å²) in [5, 5.41) is 0. The fourth-order valence-corrected chi connectivity index (χ4v) is 9.05. The molecule has 0 aliphatic heterocycles. The van der Waals surface area contributed by atoms with E-state index in [0.717, 1.165) is 0 Å². The van der Waals surface area contributed by atoms with Gasteiger partial charge in [0.15, 0.2) is 0 Å². The molecule has 22 heteroatoms. The quantitative estimate of drug-likeness (QED) is 0.128. The van der Waals surface area contributed by atoms with E-state index in [1.807, 2.05) is 0 Å². The molecule has 0 aliphatic rings. The molecule has 15 nitrogen and oxygen atoms in total. The van der Waals surface area contributed by atoms with Crippen LogP contribution in [-0.2, 0) is 70.1 Å². The Bertz CT molecular complexity index is 1270. The summed E-state index contributed by atoms with van der Waals surface area (Å²) in [5.41, 5.74) is 0. The molecule has 0 saturated carbocycles. The van der Waals surface area contributed by atoms with Crippen LogP contribution in [0.4, 0.5) is 0 Å². The fraction of sp³-hybridized carbons (Fsp3) is 0. The van der Waals surface area contributed by atoms with Gasteiger partial charge in [-0.3, -0.25) is 22.8 Å². The third-order valence-corrected chi connectivity index (χ3v) is 8.43. The first-order valence-corrected chi connectivity index (χ1v) is 13.0. The Kier molecular flexibility index (Phi) is 7.70. The van der Waals surface area contributed by atoms with E-state index in [-0.39, 0.29) is 19.5 Å². The molecule has 5 N–H and O–H groups in total. The van der Waals surface area contributed by atoms with Crippen LogP contribution in [0.1, 0.15) is 0 Å². The zero-order valence-corrected chi connectivity index (χ0v) is 20.5. The molecular weight excluding hydrogens is 570 g/mol. The van der Waals surface area contributed by atoms with Gasteiger partial charge in [0, 0.05) is 24.4 Å². The van der Waals surface area contributed by atoms with Gasteiger partial charge >= 0.3 is 0 Å². The third-order valence-electron chi connectivity index (χ3n) is 2.54. The van der Waals surface area contributed by atoms with Gasteiger partial charge in [0.25, 0.3) is 50.6 Å².